The van der Waals surface area contributed by atoms with Gasteiger partial charge in [-0.25, -0.2) is 4.98 Å². The molecule has 7 rings (SSSR count). The van der Waals surface area contributed by atoms with Gasteiger partial charge in [-0.2, -0.15) is 0 Å². The van der Waals surface area contributed by atoms with E-state index in [1.165, 1.54) is 16.9 Å². The number of rotatable bonds is 13. The lowest BCUT2D eigenvalue weighted by atomic mass is 9.87. The highest BCUT2D eigenvalue weighted by Crippen LogP contribution is 2.33. The quantitative estimate of drug-likeness (QED) is 0.121. The van der Waals surface area contributed by atoms with Crippen molar-refractivity contribution in [3.05, 3.63) is 130 Å². The Morgan fingerprint density at radius 3 is 2.23 bits per heavy atom. The summed E-state index contributed by atoms with van der Waals surface area (Å²) in [5.74, 6) is -1.32. The summed E-state index contributed by atoms with van der Waals surface area (Å²) in [5.41, 5.74) is 4.64. The van der Waals surface area contributed by atoms with Crippen LogP contribution >= 0.6 is 23.2 Å². The maximum atomic E-state index is 15.3. The third-order valence-corrected chi connectivity index (χ3v) is 14.7. The first-order chi connectivity index (χ1) is 35.4. The fraction of sp³-hybridized carbons (Fsp3) is 0.446. The molecular formula is C56H69Cl2N9O7. The molecule has 2 N–H and O–H groups in total. The Hall–Kier alpha value is -6.33. The van der Waals surface area contributed by atoms with E-state index in [9.17, 15) is 14.4 Å². The summed E-state index contributed by atoms with van der Waals surface area (Å²) in [6.07, 6.45) is 4.90. The summed E-state index contributed by atoms with van der Waals surface area (Å²) in [6.45, 7) is 3.81. The number of carbonyl (C=O) groups is 5. The van der Waals surface area contributed by atoms with Crippen LogP contribution in [-0.2, 0) is 61.7 Å². The van der Waals surface area contributed by atoms with Crippen LogP contribution in [0.4, 0.5) is 0 Å². The monoisotopic (exact) mass is 1050 g/mol. The number of carbonyl (C=O) groups excluding carboxylic acids is 5. The highest BCUT2D eigenvalue weighted by molar-refractivity contribution is 6.31. The summed E-state index contributed by atoms with van der Waals surface area (Å²) >= 11 is 12.9. The molecule has 0 spiro atoms. The molecule has 0 unspecified atom stereocenters. The standard InChI is InChI=1S/C56H69Cl2N9O7/c1-35-12-11-13-43(60-35)27-40-28-53(69)67(32-39-18-23-42(58)29-50(39)74-45-24-19-38(20-25-45)49-31-59-51(65(49)6)33-63(3)4)36(2)54(70)62-47(34-73-8)56(72)64(5)44(26-37-16-21-41(57)22-17-37)30-52(68)61-46-14-9-10-15-48(46)66(7)55(40)71/h11-13,16-25,29,31,36,40,44,46-48H,9-10,14-15,26-28,30,32-34H2,1-8H3,(H,61,68)(H,62,70)/t36-,40+,44-,46-,47-,48-/m0/s1. The van der Waals surface area contributed by atoms with E-state index in [1.807, 2.05) is 88.9 Å². The number of aromatic nitrogens is 3. The van der Waals surface area contributed by atoms with Gasteiger partial charge in [0.05, 0.1) is 43.5 Å². The van der Waals surface area contributed by atoms with Crippen molar-refractivity contribution in [1.82, 2.24) is 44.8 Å². The number of benzene rings is 3. The van der Waals surface area contributed by atoms with Crippen molar-refractivity contribution in [2.24, 2.45) is 13.0 Å². The van der Waals surface area contributed by atoms with Crippen molar-refractivity contribution in [1.29, 1.82) is 0 Å². The first-order valence-corrected chi connectivity index (χ1v) is 25.9. The van der Waals surface area contributed by atoms with Crippen molar-refractivity contribution in [2.45, 2.75) is 109 Å². The van der Waals surface area contributed by atoms with E-state index < -0.39 is 41.8 Å². The van der Waals surface area contributed by atoms with Gasteiger partial charge in [0, 0.05) is 92.2 Å². The maximum Gasteiger partial charge on any atom is 0.247 e. The van der Waals surface area contributed by atoms with Gasteiger partial charge >= 0.3 is 0 Å². The summed E-state index contributed by atoms with van der Waals surface area (Å²) in [4.78, 5) is 89.9. The van der Waals surface area contributed by atoms with E-state index in [1.54, 1.807) is 56.3 Å². The number of hydrogen-bond acceptors (Lipinski definition) is 10. The molecule has 0 radical (unpaired) electrons. The number of likely N-dealkylation sites (N-methyl/N-ethyl adjacent to an activating group) is 2. The molecule has 2 aromatic heterocycles. The molecule has 2 fully saturated rings. The number of imidazole rings is 1. The summed E-state index contributed by atoms with van der Waals surface area (Å²) in [7, 11) is 10.7. The van der Waals surface area contributed by atoms with E-state index >= 15 is 9.59 Å². The minimum Gasteiger partial charge on any atom is -0.457 e. The molecule has 1 aliphatic carbocycles. The van der Waals surface area contributed by atoms with Crippen LogP contribution in [0.3, 0.4) is 0 Å². The van der Waals surface area contributed by atoms with Crippen LogP contribution in [0.5, 0.6) is 11.5 Å². The van der Waals surface area contributed by atoms with Gasteiger partial charge in [0.15, 0.2) is 0 Å². The topological polar surface area (TPSA) is 172 Å². The average Bonchev–Trinajstić information content (AvgIpc) is 3.73. The zero-order valence-corrected chi connectivity index (χ0v) is 45.2. The number of aryl methyl sites for hydroxylation is 1. The second kappa shape index (κ2) is 25.3. The third-order valence-electron chi connectivity index (χ3n) is 14.2. The van der Waals surface area contributed by atoms with Gasteiger partial charge in [-0.3, -0.25) is 29.0 Å². The van der Waals surface area contributed by atoms with Crippen LogP contribution in [0.25, 0.3) is 11.3 Å². The highest BCUT2D eigenvalue weighted by atomic mass is 35.5. The molecule has 74 heavy (non-hydrogen) atoms. The predicted octanol–water partition coefficient (Wildman–Crippen LogP) is 7.41. The first-order valence-electron chi connectivity index (χ1n) is 25.2. The number of hydrogen-bond donors (Lipinski definition) is 2. The van der Waals surface area contributed by atoms with E-state index in [4.69, 9.17) is 37.7 Å². The molecule has 1 saturated carbocycles. The van der Waals surface area contributed by atoms with Crippen LogP contribution in [0.2, 0.25) is 10.0 Å². The van der Waals surface area contributed by atoms with Crippen molar-refractivity contribution in [3.63, 3.8) is 0 Å². The minimum absolute atomic E-state index is 0.0579. The zero-order valence-electron chi connectivity index (χ0n) is 43.6. The normalized spacial score (nSPS) is 21.8. The smallest absolute Gasteiger partial charge is 0.247 e. The molecule has 3 heterocycles. The lowest BCUT2D eigenvalue weighted by Crippen LogP contribution is -2.58. The average molecular weight is 1050 g/mol. The van der Waals surface area contributed by atoms with Gasteiger partial charge in [-0.15, -0.1) is 0 Å². The lowest BCUT2D eigenvalue weighted by Gasteiger charge is -2.40. The first kappa shape index (κ1) is 55.4. The molecule has 394 valence electrons. The Bertz CT molecular complexity index is 2770. The molecule has 0 bridgehead atoms. The lowest BCUT2D eigenvalue weighted by molar-refractivity contribution is -0.147. The van der Waals surface area contributed by atoms with Gasteiger partial charge in [-0.1, -0.05) is 60.3 Å². The highest BCUT2D eigenvalue weighted by Gasteiger charge is 2.39. The Morgan fingerprint density at radius 2 is 1.53 bits per heavy atom. The van der Waals surface area contributed by atoms with Crippen LogP contribution < -0.4 is 15.4 Å². The van der Waals surface area contributed by atoms with Crippen molar-refractivity contribution in [3.8, 4) is 22.8 Å². The molecule has 5 amide bonds. The molecule has 5 aromatic rings. The van der Waals surface area contributed by atoms with Gasteiger partial charge in [0.2, 0.25) is 29.5 Å². The molecule has 6 atom stereocenters. The number of methoxy groups -OCH3 is 1. The van der Waals surface area contributed by atoms with Gasteiger partial charge < -0.3 is 44.3 Å². The number of halogens is 2. The van der Waals surface area contributed by atoms with Crippen LogP contribution in [0.1, 0.15) is 73.8 Å². The number of fused-ring (bicyclic) bond motifs is 1. The van der Waals surface area contributed by atoms with E-state index in [2.05, 4.69) is 25.1 Å². The molecule has 1 aliphatic heterocycles. The number of ether oxygens (including phenoxy) is 2. The summed E-state index contributed by atoms with van der Waals surface area (Å²) < 4.78 is 14.1. The van der Waals surface area contributed by atoms with Crippen molar-refractivity contribution < 1.29 is 33.4 Å². The number of amides is 5. The van der Waals surface area contributed by atoms with Crippen molar-refractivity contribution >= 4 is 52.7 Å². The fourth-order valence-corrected chi connectivity index (χ4v) is 10.3. The largest absolute Gasteiger partial charge is 0.457 e. The Kier molecular flexibility index (Phi) is 18.9. The second-order valence-corrected chi connectivity index (χ2v) is 20.8. The second-order valence-electron chi connectivity index (χ2n) is 19.9. The Labute approximate surface area is 444 Å². The van der Waals surface area contributed by atoms with E-state index in [0.29, 0.717) is 58.6 Å². The zero-order chi connectivity index (χ0) is 53.2. The molecular weight excluding hydrogens is 982 g/mol. The maximum absolute atomic E-state index is 15.3. The third kappa shape index (κ3) is 14.1. The van der Waals surface area contributed by atoms with Crippen LogP contribution in [-0.4, -0.2) is 136 Å². The number of pyridine rings is 1. The van der Waals surface area contributed by atoms with Crippen molar-refractivity contribution in [2.75, 3.05) is 41.9 Å². The van der Waals surface area contributed by atoms with E-state index in [-0.39, 0.29) is 56.3 Å². The predicted molar refractivity (Wildman–Crippen MR) is 285 cm³/mol. The van der Waals surface area contributed by atoms with E-state index in [0.717, 1.165) is 41.2 Å². The number of nitrogens with zero attached hydrogens (tertiary/aromatic N) is 7. The molecule has 3 aromatic carbocycles. The molecule has 16 nitrogen and oxygen atoms in total. The summed E-state index contributed by atoms with van der Waals surface area (Å²) in [5, 5.41) is 7.06. The van der Waals surface area contributed by atoms with Gasteiger partial charge in [0.1, 0.15) is 29.4 Å². The summed E-state index contributed by atoms with van der Waals surface area (Å²) in [6, 6.07) is 21.6. The minimum atomic E-state index is -1.20. The fourth-order valence-electron chi connectivity index (χ4n) is 10.00. The van der Waals surface area contributed by atoms with Crippen LogP contribution in [0.15, 0.2) is 91.1 Å². The van der Waals surface area contributed by atoms with Gasteiger partial charge in [0.25, 0.3) is 0 Å². The van der Waals surface area contributed by atoms with Gasteiger partial charge in [-0.05, 0) is 113 Å². The molecule has 2 aliphatic rings. The van der Waals surface area contributed by atoms with Crippen LogP contribution in [0, 0.1) is 12.8 Å². The Morgan fingerprint density at radius 1 is 0.811 bits per heavy atom. The SMILES string of the molecule is COC[C@@H]1NC(=O)[C@H](C)N(Cc2ccc(Cl)cc2Oc2ccc(-c3cnc(CN(C)C)n3C)cc2)C(=O)C[C@@H](Cc2cccc(C)n2)C(=O)N(C)[C@H]2CCCC[C@@H]2NC(=O)C[C@H](Cc2ccc(Cl)cc2)N(C)C1=O. The molecule has 1 saturated heterocycles. The molecule has 18 heteroatoms. The Balaban J connectivity index is 1.26. The number of nitrogens with one attached hydrogen (secondary N) is 2.